The molecule has 1 aliphatic rings. The molecule has 0 saturated carbocycles. The van der Waals surface area contributed by atoms with Crippen LogP contribution in [0.5, 0.6) is 0 Å². The highest BCUT2D eigenvalue weighted by Gasteiger charge is 2.40. The molecule has 1 rings (SSSR count). The molecule has 0 amide bonds. The summed E-state index contributed by atoms with van der Waals surface area (Å²) >= 11 is 17.1. The third kappa shape index (κ3) is 2.30. The Morgan fingerprint density at radius 3 is 2.36 bits per heavy atom. The maximum Gasteiger partial charge on any atom is 0.252 e. The van der Waals surface area contributed by atoms with Crippen LogP contribution in [0.25, 0.3) is 0 Å². The van der Waals surface area contributed by atoms with Crippen LogP contribution in [0.3, 0.4) is 0 Å². The lowest BCUT2D eigenvalue weighted by Crippen LogP contribution is -2.37. The van der Waals surface area contributed by atoms with Gasteiger partial charge < -0.3 is 0 Å². The maximum atomic E-state index is 11.1. The number of carbonyl (C=O) groups excluding carboxylic acids is 2. The van der Waals surface area contributed by atoms with Crippen LogP contribution in [0.15, 0.2) is 23.8 Å². The van der Waals surface area contributed by atoms with Gasteiger partial charge in [0.15, 0.2) is 0 Å². The highest BCUT2D eigenvalue weighted by molar-refractivity contribution is 9.13. The Bertz CT molecular complexity index is 351. The molecule has 0 heterocycles. The number of hydrogen-bond acceptors (Lipinski definition) is 2. The van der Waals surface area contributed by atoms with Crippen LogP contribution in [-0.4, -0.2) is 19.6 Å². The molecule has 1 aliphatic carbocycles. The predicted molar refractivity (Wildman–Crippen MR) is 63.3 cm³/mol. The van der Waals surface area contributed by atoms with E-state index in [1.54, 1.807) is 0 Å². The summed E-state index contributed by atoms with van der Waals surface area (Å²) in [6.45, 7) is 0. The van der Waals surface area contributed by atoms with Gasteiger partial charge in [0.05, 0.1) is 4.83 Å². The molecule has 0 aromatic carbocycles. The first-order valence-electron chi connectivity index (χ1n) is 3.51. The second-order valence-electron chi connectivity index (χ2n) is 2.67. The van der Waals surface area contributed by atoms with Gasteiger partial charge >= 0.3 is 0 Å². The van der Waals surface area contributed by atoms with Crippen molar-refractivity contribution in [2.75, 3.05) is 0 Å². The molecule has 0 radical (unpaired) electrons. The van der Waals surface area contributed by atoms with Gasteiger partial charge in [-0.2, -0.15) is 0 Å². The van der Waals surface area contributed by atoms with Crippen LogP contribution in [0.4, 0.5) is 0 Å². The zero-order chi connectivity index (χ0) is 10.9. The predicted octanol–water partition coefficient (Wildman–Crippen LogP) is 2.91. The molecule has 14 heavy (non-hydrogen) atoms. The summed E-state index contributed by atoms with van der Waals surface area (Å²) in [6, 6.07) is 0. The van der Waals surface area contributed by atoms with Crippen molar-refractivity contribution in [3.05, 3.63) is 23.8 Å². The average Bonchev–Trinajstić information content (AvgIpc) is 2.09. The van der Waals surface area contributed by atoms with E-state index in [0.29, 0.717) is 5.57 Å². The molecule has 0 aliphatic heterocycles. The third-order valence-electron chi connectivity index (χ3n) is 1.76. The maximum absolute atomic E-state index is 11.1. The van der Waals surface area contributed by atoms with Crippen molar-refractivity contribution in [2.45, 2.75) is 9.15 Å². The molecule has 76 valence electrons. The largest absolute Gasteiger partial charge is 0.279 e. The monoisotopic (exact) mass is 360 g/mol. The van der Waals surface area contributed by atoms with Gasteiger partial charge in [-0.15, -0.1) is 0 Å². The second kappa shape index (κ2) is 4.47. The van der Waals surface area contributed by atoms with E-state index < -0.39 is 19.6 Å². The Labute approximate surface area is 108 Å². The van der Waals surface area contributed by atoms with E-state index in [1.807, 2.05) is 0 Å². The second-order valence-corrected chi connectivity index (χ2v) is 5.66. The highest BCUT2D eigenvalue weighted by atomic mass is 79.9. The fraction of sp³-hybridized carbons (Fsp3) is 0.250. The summed E-state index contributed by atoms with van der Waals surface area (Å²) in [4.78, 5) is 21.5. The van der Waals surface area contributed by atoms with E-state index >= 15 is 0 Å². The van der Waals surface area contributed by atoms with E-state index in [1.165, 1.54) is 18.2 Å². The first-order valence-corrected chi connectivity index (χ1v) is 5.98. The van der Waals surface area contributed by atoms with Crippen LogP contribution in [0.1, 0.15) is 0 Å². The van der Waals surface area contributed by atoms with Gasteiger partial charge in [-0.05, 0) is 23.2 Å². The lowest BCUT2D eigenvalue weighted by atomic mass is 9.98. The quantitative estimate of drug-likeness (QED) is 0.559. The minimum atomic E-state index is -1.01. The minimum Gasteiger partial charge on any atom is -0.279 e. The van der Waals surface area contributed by atoms with Gasteiger partial charge in [-0.25, -0.2) is 0 Å². The average molecular weight is 363 g/mol. The molecule has 2 unspecified atom stereocenters. The first kappa shape index (κ1) is 12.4. The molecular weight excluding hydrogens is 359 g/mol. The first-order chi connectivity index (χ1) is 6.38. The van der Waals surface area contributed by atoms with E-state index in [4.69, 9.17) is 23.2 Å². The summed E-state index contributed by atoms with van der Waals surface area (Å²) in [5.74, 6) is 0. The Morgan fingerprint density at radius 2 is 2.00 bits per heavy atom. The van der Waals surface area contributed by atoms with Gasteiger partial charge in [-0.3, -0.25) is 9.59 Å². The lowest BCUT2D eigenvalue weighted by molar-refractivity contribution is -0.112. The molecule has 0 aromatic rings. The standard InChI is InChI=1S/C8H4Br2Cl2O2/c9-5-3-4(6(11)13)1-2-8(5,10)7(12)14/h1-3,5H. The molecule has 0 N–H and O–H groups in total. The normalized spacial score (nSPS) is 31.1. The van der Waals surface area contributed by atoms with Crippen molar-refractivity contribution < 1.29 is 9.59 Å². The Kier molecular flexibility index (Phi) is 3.97. The molecule has 0 aromatic heterocycles. The SMILES string of the molecule is O=C(Cl)C1=CC(Br)C(Br)(C(=O)Cl)C=C1. The van der Waals surface area contributed by atoms with Crippen molar-refractivity contribution in [1.82, 2.24) is 0 Å². The lowest BCUT2D eigenvalue weighted by Gasteiger charge is -2.26. The fourth-order valence-corrected chi connectivity index (χ4v) is 2.29. The smallest absolute Gasteiger partial charge is 0.252 e. The van der Waals surface area contributed by atoms with E-state index in [2.05, 4.69) is 31.9 Å². The molecule has 2 nitrogen and oxygen atoms in total. The summed E-state index contributed by atoms with van der Waals surface area (Å²) < 4.78 is -1.01. The summed E-state index contributed by atoms with van der Waals surface area (Å²) in [5.41, 5.74) is 0.335. The molecule has 6 heteroatoms. The van der Waals surface area contributed by atoms with Crippen LogP contribution < -0.4 is 0 Å². The van der Waals surface area contributed by atoms with Crippen LogP contribution >= 0.6 is 55.1 Å². The van der Waals surface area contributed by atoms with Gasteiger partial charge in [0.25, 0.3) is 5.24 Å². The number of allylic oxidation sites excluding steroid dienone is 4. The zero-order valence-corrected chi connectivity index (χ0v) is 11.3. The molecule has 0 spiro atoms. The Balaban J connectivity index is 3.02. The number of alkyl halides is 2. The van der Waals surface area contributed by atoms with E-state index in [9.17, 15) is 9.59 Å². The summed E-state index contributed by atoms with van der Waals surface area (Å²) in [5, 5.41) is -1.13. The Hall–Kier alpha value is 0.360. The van der Waals surface area contributed by atoms with Crippen molar-refractivity contribution in [2.24, 2.45) is 0 Å². The van der Waals surface area contributed by atoms with E-state index in [0.717, 1.165) is 0 Å². The number of hydrogen-bond donors (Lipinski definition) is 0. The molecule has 2 atom stereocenters. The Morgan fingerprint density at radius 1 is 1.43 bits per heavy atom. The van der Waals surface area contributed by atoms with Gasteiger partial charge in [0, 0.05) is 5.57 Å². The zero-order valence-electron chi connectivity index (χ0n) is 6.64. The minimum absolute atomic E-state index is 0.335. The van der Waals surface area contributed by atoms with E-state index in [-0.39, 0.29) is 0 Å². The van der Waals surface area contributed by atoms with Gasteiger partial charge in [-0.1, -0.05) is 50.1 Å². The van der Waals surface area contributed by atoms with Crippen LogP contribution in [-0.2, 0) is 9.59 Å². The summed E-state index contributed by atoms with van der Waals surface area (Å²) in [7, 11) is 0. The molecule has 0 bridgehead atoms. The number of halogens is 4. The number of rotatable bonds is 2. The topological polar surface area (TPSA) is 34.1 Å². The van der Waals surface area contributed by atoms with Gasteiger partial charge in [0.2, 0.25) is 5.24 Å². The van der Waals surface area contributed by atoms with Crippen molar-refractivity contribution in [1.29, 1.82) is 0 Å². The molecular formula is C8H4Br2Cl2O2. The van der Waals surface area contributed by atoms with Gasteiger partial charge in [0.1, 0.15) is 4.32 Å². The fourth-order valence-electron chi connectivity index (χ4n) is 0.942. The number of carbonyl (C=O) groups is 2. The van der Waals surface area contributed by atoms with Crippen LogP contribution in [0, 0.1) is 0 Å². The van der Waals surface area contributed by atoms with Crippen molar-refractivity contribution in [3.63, 3.8) is 0 Å². The van der Waals surface area contributed by atoms with Crippen LogP contribution in [0.2, 0.25) is 0 Å². The molecule has 0 fully saturated rings. The third-order valence-corrected chi connectivity index (χ3v) is 5.24. The summed E-state index contributed by atoms with van der Waals surface area (Å²) in [6.07, 6.45) is 4.49. The van der Waals surface area contributed by atoms with Crippen molar-refractivity contribution >= 4 is 65.5 Å². The van der Waals surface area contributed by atoms with Crippen molar-refractivity contribution in [3.8, 4) is 0 Å². The highest BCUT2D eigenvalue weighted by Crippen LogP contribution is 2.37. The molecule has 0 saturated heterocycles.